The molecule has 2 aromatic carbocycles. The molecule has 0 unspecified atom stereocenters. The average molecular weight is 362 g/mol. The molecule has 1 aliphatic rings. The fraction of sp³-hybridized carbons (Fsp3) is 0.263. The summed E-state index contributed by atoms with van der Waals surface area (Å²) in [4.78, 5) is 26.2. The Balaban J connectivity index is 1.57. The van der Waals surface area contributed by atoms with E-state index in [1.807, 2.05) is 0 Å². The van der Waals surface area contributed by atoms with E-state index in [0.717, 1.165) is 18.2 Å². The Morgan fingerprint density at radius 2 is 1.54 bits per heavy atom. The molecule has 0 radical (unpaired) electrons. The lowest BCUT2D eigenvalue weighted by Gasteiger charge is -2.31. The van der Waals surface area contributed by atoms with E-state index in [4.69, 9.17) is 0 Å². The van der Waals surface area contributed by atoms with Crippen LogP contribution in [-0.2, 0) is 4.79 Å². The number of benzene rings is 2. The van der Waals surface area contributed by atoms with Crippen LogP contribution >= 0.6 is 0 Å². The minimum Gasteiger partial charge on any atom is -0.339 e. The number of halogens is 3. The number of nitrogens with one attached hydrogen (secondary N) is 1. The van der Waals surface area contributed by atoms with Crippen molar-refractivity contribution < 1.29 is 22.8 Å². The maximum absolute atomic E-state index is 13.6. The molecule has 26 heavy (non-hydrogen) atoms. The highest BCUT2D eigenvalue weighted by atomic mass is 19.1. The first kappa shape index (κ1) is 18.0. The van der Waals surface area contributed by atoms with Crippen LogP contribution in [0.3, 0.4) is 0 Å². The maximum atomic E-state index is 13.6. The Morgan fingerprint density at radius 1 is 0.923 bits per heavy atom. The molecule has 1 aliphatic heterocycles. The molecule has 0 saturated carbocycles. The summed E-state index contributed by atoms with van der Waals surface area (Å²) in [6.45, 7) is 0.722. The second kappa shape index (κ2) is 7.59. The van der Waals surface area contributed by atoms with Gasteiger partial charge in [-0.2, -0.15) is 0 Å². The highest BCUT2D eigenvalue weighted by Crippen LogP contribution is 2.22. The van der Waals surface area contributed by atoms with Gasteiger partial charge < -0.3 is 10.2 Å². The van der Waals surface area contributed by atoms with Crippen molar-refractivity contribution in [1.82, 2.24) is 4.90 Å². The van der Waals surface area contributed by atoms with E-state index in [1.54, 1.807) is 4.90 Å². The molecule has 1 fully saturated rings. The molecule has 136 valence electrons. The molecular weight excluding hydrogens is 345 g/mol. The molecule has 0 bridgehead atoms. The van der Waals surface area contributed by atoms with E-state index in [2.05, 4.69) is 5.32 Å². The Morgan fingerprint density at radius 3 is 2.19 bits per heavy atom. The summed E-state index contributed by atoms with van der Waals surface area (Å²) in [5.74, 6) is -2.77. The number of hydrogen-bond acceptors (Lipinski definition) is 2. The van der Waals surface area contributed by atoms with Gasteiger partial charge in [-0.05, 0) is 49.2 Å². The molecule has 2 amide bonds. The lowest BCUT2D eigenvalue weighted by atomic mass is 9.95. The largest absolute Gasteiger partial charge is 0.339 e. The Bertz CT molecular complexity index is 816. The molecule has 0 aliphatic carbocycles. The molecule has 1 N–H and O–H groups in total. The number of carbonyl (C=O) groups is 2. The standard InChI is InChI=1S/C19H17F3N2O2/c20-14-3-1-13(2-4-14)19(26)24-9-7-12(8-10-24)18(25)23-17-11-15(21)5-6-16(17)22/h1-6,11-12H,7-10H2,(H,23,25). The molecule has 7 heteroatoms. The van der Waals surface area contributed by atoms with E-state index in [1.165, 1.54) is 24.3 Å². The van der Waals surface area contributed by atoms with E-state index < -0.39 is 29.3 Å². The second-order valence-corrected chi connectivity index (χ2v) is 6.19. The summed E-state index contributed by atoms with van der Waals surface area (Å²) < 4.78 is 39.7. The number of anilines is 1. The Hall–Kier alpha value is -2.83. The van der Waals surface area contributed by atoms with E-state index in [0.29, 0.717) is 31.5 Å². The van der Waals surface area contributed by atoms with Gasteiger partial charge in [0, 0.05) is 30.6 Å². The summed E-state index contributed by atoms with van der Waals surface area (Å²) >= 11 is 0. The summed E-state index contributed by atoms with van der Waals surface area (Å²) in [6, 6.07) is 8.15. The van der Waals surface area contributed by atoms with Crippen molar-refractivity contribution in [2.75, 3.05) is 18.4 Å². The third-order valence-electron chi connectivity index (χ3n) is 4.43. The molecule has 3 rings (SSSR count). The van der Waals surface area contributed by atoms with Crippen LogP contribution in [0, 0.1) is 23.4 Å². The highest BCUT2D eigenvalue weighted by Gasteiger charge is 2.28. The van der Waals surface area contributed by atoms with Crippen LogP contribution in [0.1, 0.15) is 23.2 Å². The van der Waals surface area contributed by atoms with Gasteiger partial charge in [0.15, 0.2) is 0 Å². The van der Waals surface area contributed by atoms with Gasteiger partial charge in [0.1, 0.15) is 17.5 Å². The average Bonchev–Trinajstić information content (AvgIpc) is 2.65. The SMILES string of the molecule is O=C(Nc1cc(F)ccc1F)C1CCN(C(=O)c2ccc(F)cc2)CC1. The number of rotatable bonds is 3. The van der Waals surface area contributed by atoms with Gasteiger partial charge in [-0.15, -0.1) is 0 Å². The maximum Gasteiger partial charge on any atom is 0.253 e. The van der Waals surface area contributed by atoms with E-state index >= 15 is 0 Å². The van der Waals surface area contributed by atoms with Crippen LogP contribution < -0.4 is 5.32 Å². The lowest BCUT2D eigenvalue weighted by Crippen LogP contribution is -2.41. The van der Waals surface area contributed by atoms with Crippen molar-refractivity contribution in [3.8, 4) is 0 Å². The zero-order valence-electron chi connectivity index (χ0n) is 13.8. The van der Waals surface area contributed by atoms with Crippen LogP contribution in [0.25, 0.3) is 0 Å². The van der Waals surface area contributed by atoms with Crippen molar-refractivity contribution in [1.29, 1.82) is 0 Å². The second-order valence-electron chi connectivity index (χ2n) is 6.19. The van der Waals surface area contributed by atoms with Crippen LogP contribution in [0.15, 0.2) is 42.5 Å². The quantitative estimate of drug-likeness (QED) is 0.907. The Kier molecular flexibility index (Phi) is 5.25. The van der Waals surface area contributed by atoms with Gasteiger partial charge in [0.05, 0.1) is 5.69 Å². The van der Waals surface area contributed by atoms with Crippen molar-refractivity contribution >= 4 is 17.5 Å². The van der Waals surface area contributed by atoms with Gasteiger partial charge >= 0.3 is 0 Å². The van der Waals surface area contributed by atoms with Crippen molar-refractivity contribution in [3.63, 3.8) is 0 Å². The number of piperidine rings is 1. The molecule has 1 saturated heterocycles. The molecule has 0 aromatic heterocycles. The smallest absolute Gasteiger partial charge is 0.253 e. The molecule has 2 aromatic rings. The number of nitrogens with zero attached hydrogens (tertiary/aromatic N) is 1. The third kappa shape index (κ3) is 4.04. The fourth-order valence-corrected chi connectivity index (χ4v) is 2.95. The minimum absolute atomic E-state index is 0.195. The van der Waals surface area contributed by atoms with E-state index in [-0.39, 0.29) is 11.6 Å². The van der Waals surface area contributed by atoms with Gasteiger partial charge in [-0.1, -0.05) is 0 Å². The molecule has 1 heterocycles. The van der Waals surface area contributed by atoms with Gasteiger partial charge in [0.2, 0.25) is 5.91 Å². The first-order chi connectivity index (χ1) is 12.4. The monoisotopic (exact) mass is 362 g/mol. The number of amides is 2. The molecule has 0 atom stereocenters. The predicted octanol–water partition coefficient (Wildman–Crippen LogP) is 3.59. The number of hydrogen-bond donors (Lipinski definition) is 1. The zero-order valence-corrected chi connectivity index (χ0v) is 13.8. The topological polar surface area (TPSA) is 49.4 Å². The van der Waals surface area contributed by atoms with Crippen LogP contribution in [0.2, 0.25) is 0 Å². The van der Waals surface area contributed by atoms with Crippen molar-refractivity contribution in [2.45, 2.75) is 12.8 Å². The molecule has 0 spiro atoms. The Labute approximate surface area is 148 Å². The van der Waals surface area contributed by atoms with Gasteiger partial charge in [0.25, 0.3) is 5.91 Å². The van der Waals surface area contributed by atoms with Gasteiger partial charge in [-0.3, -0.25) is 9.59 Å². The zero-order chi connectivity index (χ0) is 18.7. The van der Waals surface area contributed by atoms with Crippen LogP contribution in [0.5, 0.6) is 0 Å². The molecule has 4 nitrogen and oxygen atoms in total. The lowest BCUT2D eigenvalue weighted by molar-refractivity contribution is -0.121. The third-order valence-corrected chi connectivity index (χ3v) is 4.43. The summed E-state index contributed by atoms with van der Waals surface area (Å²) in [6.07, 6.45) is 0.825. The van der Waals surface area contributed by atoms with Crippen LogP contribution in [-0.4, -0.2) is 29.8 Å². The highest BCUT2D eigenvalue weighted by molar-refractivity contribution is 5.95. The van der Waals surface area contributed by atoms with E-state index in [9.17, 15) is 22.8 Å². The van der Waals surface area contributed by atoms with Crippen molar-refractivity contribution in [2.24, 2.45) is 5.92 Å². The van der Waals surface area contributed by atoms with Crippen LogP contribution in [0.4, 0.5) is 18.9 Å². The first-order valence-electron chi connectivity index (χ1n) is 8.25. The molecular formula is C19H17F3N2O2. The predicted molar refractivity (Wildman–Crippen MR) is 90.0 cm³/mol. The fourth-order valence-electron chi connectivity index (χ4n) is 2.95. The number of likely N-dealkylation sites (tertiary alicyclic amines) is 1. The summed E-state index contributed by atoms with van der Waals surface area (Å²) in [7, 11) is 0. The normalized spacial score (nSPS) is 15.0. The first-order valence-corrected chi connectivity index (χ1v) is 8.25. The summed E-state index contributed by atoms with van der Waals surface area (Å²) in [5, 5.41) is 2.40. The van der Waals surface area contributed by atoms with Gasteiger partial charge in [-0.25, -0.2) is 13.2 Å². The minimum atomic E-state index is -0.705. The number of carbonyl (C=O) groups excluding carboxylic acids is 2. The summed E-state index contributed by atoms with van der Waals surface area (Å²) in [5.41, 5.74) is 0.191. The van der Waals surface area contributed by atoms with Crippen molar-refractivity contribution in [3.05, 3.63) is 65.5 Å².